The van der Waals surface area contributed by atoms with E-state index in [2.05, 4.69) is 25.9 Å². The molecule has 162 valence electrons. The molecule has 2 aromatic rings. The Morgan fingerprint density at radius 1 is 1.17 bits per heavy atom. The lowest BCUT2D eigenvalue weighted by molar-refractivity contribution is 0.0827. The van der Waals surface area contributed by atoms with E-state index >= 15 is 0 Å². The SMILES string of the molecule is CCNC(=NCCc1cccc(C(=O)N(C)C)c1)NCCNC(=O)c1scnc1C. The van der Waals surface area contributed by atoms with Crippen LogP contribution in [0.5, 0.6) is 0 Å². The van der Waals surface area contributed by atoms with Crippen molar-refractivity contribution in [1.29, 1.82) is 0 Å². The molecule has 1 aromatic carbocycles. The number of nitrogens with zero attached hydrogens (tertiary/aromatic N) is 3. The lowest BCUT2D eigenvalue weighted by Crippen LogP contribution is -2.41. The van der Waals surface area contributed by atoms with E-state index in [-0.39, 0.29) is 11.8 Å². The number of aliphatic imine (C=N–C) groups is 1. The summed E-state index contributed by atoms with van der Waals surface area (Å²) in [6.45, 7) is 6.19. The lowest BCUT2D eigenvalue weighted by Gasteiger charge is -2.12. The van der Waals surface area contributed by atoms with Gasteiger partial charge in [0.1, 0.15) is 4.88 Å². The van der Waals surface area contributed by atoms with Crippen LogP contribution in [0.15, 0.2) is 34.8 Å². The minimum absolute atomic E-state index is 0.00840. The van der Waals surface area contributed by atoms with E-state index in [1.807, 2.05) is 38.1 Å². The fraction of sp³-hybridized carbons (Fsp3) is 0.429. The summed E-state index contributed by atoms with van der Waals surface area (Å²) in [6.07, 6.45) is 0.729. The predicted octanol–water partition coefficient (Wildman–Crippen LogP) is 1.68. The first kappa shape index (κ1) is 23.3. The van der Waals surface area contributed by atoms with Crippen LogP contribution >= 0.6 is 11.3 Å². The molecule has 0 saturated carbocycles. The highest BCUT2D eigenvalue weighted by Crippen LogP contribution is 2.11. The molecule has 0 spiro atoms. The van der Waals surface area contributed by atoms with Crippen LogP contribution in [-0.2, 0) is 6.42 Å². The van der Waals surface area contributed by atoms with Gasteiger partial charge in [-0.15, -0.1) is 11.3 Å². The highest BCUT2D eigenvalue weighted by atomic mass is 32.1. The molecular formula is C21H30N6O2S. The molecule has 0 fully saturated rings. The summed E-state index contributed by atoms with van der Waals surface area (Å²) in [5.41, 5.74) is 4.16. The molecule has 8 nitrogen and oxygen atoms in total. The largest absolute Gasteiger partial charge is 0.357 e. The van der Waals surface area contributed by atoms with E-state index in [1.54, 1.807) is 24.5 Å². The smallest absolute Gasteiger partial charge is 0.263 e. The third kappa shape index (κ3) is 7.14. The molecule has 1 heterocycles. The highest BCUT2D eigenvalue weighted by molar-refractivity contribution is 7.11. The van der Waals surface area contributed by atoms with Gasteiger partial charge in [-0.2, -0.15) is 0 Å². The first-order valence-electron chi connectivity index (χ1n) is 9.93. The van der Waals surface area contributed by atoms with Crippen molar-refractivity contribution < 1.29 is 9.59 Å². The molecule has 3 N–H and O–H groups in total. The third-order valence-electron chi connectivity index (χ3n) is 4.25. The Kier molecular flexibility index (Phi) is 9.27. The van der Waals surface area contributed by atoms with Gasteiger partial charge in [0.25, 0.3) is 11.8 Å². The summed E-state index contributed by atoms with van der Waals surface area (Å²) in [7, 11) is 3.49. The zero-order valence-corrected chi connectivity index (χ0v) is 18.8. The van der Waals surface area contributed by atoms with Gasteiger partial charge >= 0.3 is 0 Å². The van der Waals surface area contributed by atoms with Crippen molar-refractivity contribution in [2.45, 2.75) is 20.3 Å². The summed E-state index contributed by atoms with van der Waals surface area (Å²) in [6, 6.07) is 7.63. The Bertz CT molecular complexity index is 878. The first-order chi connectivity index (χ1) is 14.4. The molecule has 2 amide bonds. The van der Waals surface area contributed by atoms with Crippen LogP contribution in [0.3, 0.4) is 0 Å². The zero-order chi connectivity index (χ0) is 21.9. The van der Waals surface area contributed by atoms with Crippen molar-refractivity contribution in [3.8, 4) is 0 Å². The molecule has 0 saturated heterocycles. The van der Waals surface area contributed by atoms with E-state index < -0.39 is 0 Å². The number of aryl methyl sites for hydroxylation is 1. The van der Waals surface area contributed by atoms with Gasteiger partial charge in [0.15, 0.2) is 5.96 Å². The summed E-state index contributed by atoms with van der Waals surface area (Å²) < 4.78 is 0. The third-order valence-corrected chi connectivity index (χ3v) is 5.18. The average Bonchev–Trinajstić information content (AvgIpc) is 3.16. The van der Waals surface area contributed by atoms with Gasteiger partial charge in [-0.3, -0.25) is 14.6 Å². The Labute approximate surface area is 181 Å². The van der Waals surface area contributed by atoms with Crippen LogP contribution in [0.1, 0.15) is 38.2 Å². The number of carbonyl (C=O) groups excluding carboxylic acids is 2. The monoisotopic (exact) mass is 430 g/mol. The van der Waals surface area contributed by atoms with Crippen LogP contribution in [-0.4, -0.2) is 67.9 Å². The zero-order valence-electron chi connectivity index (χ0n) is 18.0. The minimum Gasteiger partial charge on any atom is -0.357 e. The molecule has 2 rings (SSSR count). The Hall–Kier alpha value is -2.94. The Morgan fingerprint density at radius 2 is 1.93 bits per heavy atom. The van der Waals surface area contributed by atoms with Gasteiger partial charge in [-0.1, -0.05) is 12.1 Å². The standard InChI is InChI=1S/C21H30N6O2S/c1-5-22-21(25-12-11-23-19(28)18-15(2)26-14-30-18)24-10-9-16-7-6-8-17(13-16)20(29)27(3)4/h6-8,13-14H,5,9-12H2,1-4H3,(H,23,28)(H2,22,24,25). The lowest BCUT2D eigenvalue weighted by atomic mass is 10.1. The second-order valence-corrected chi connectivity index (χ2v) is 7.71. The van der Waals surface area contributed by atoms with Crippen molar-refractivity contribution in [3.05, 3.63) is 51.5 Å². The molecular weight excluding hydrogens is 400 g/mol. The molecule has 0 aliphatic rings. The molecule has 0 unspecified atom stereocenters. The molecule has 0 aliphatic heterocycles. The molecule has 0 radical (unpaired) electrons. The van der Waals surface area contributed by atoms with Crippen molar-refractivity contribution in [1.82, 2.24) is 25.8 Å². The van der Waals surface area contributed by atoms with Gasteiger partial charge < -0.3 is 20.9 Å². The number of amides is 2. The first-order valence-corrected chi connectivity index (χ1v) is 10.8. The van der Waals surface area contributed by atoms with Crippen LogP contribution in [0.25, 0.3) is 0 Å². The number of rotatable bonds is 9. The number of hydrogen-bond acceptors (Lipinski definition) is 5. The maximum Gasteiger partial charge on any atom is 0.263 e. The highest BCUT2D eigenvalue weighted by Gasteiger charge is 2.11. The quantitative estimate of drug-likeness (QED) is 0.319. The van der Waals surface area contributed by atoms with Gasteiger partial charge in [0.2, 0.25) is 0 Å². The van der Waals surface area contributed by atoms with Gasteiger partial charge in [-0.25, -0.2) is 4.98 Å². The van der Waals surface area contributed by atoms with E-state index in [0.717, 1.165) is 24.2 Å². The van der Waals surface area contributed by atoms with Crippen molar-refractivity contribution in [3.63, 3.8) is 0 Å². The molecule has 0 bridgehead atoms. The van der Waals surface area contributed by atoms with E-state index in [9.17, 15) is 9.59 Å². The van der Waals surface area contributed by atoms with Gasteiger partial charge in [0, 0.05) is 45.8 Å². The summed E-state index contributed by atoms with van der Waals surface area (Å²) >= 11 is 1.34. The molecule has 0 aliphatic carbocycles. The van der Waals surface area contributed by atoms with Crippen molar-refractivity contribution in [2.75, 3.05) is 40.3 Å². The summed E-state index contributed by atoms with van der Waals surface area (Å²) in [5, 5.41) is 9.30. The maximum atomic E-state index is 12.1. The molecule has 1 aromatic heterocycles. The van der Waals surface area contributed by atoms with Crippen molar-refractivity contribution in [2.24, 2.45) is 4.99 Å². The molecule has 0 atom stereocenters. The normalized spacial score (nSPS) is 11.1. The van der Waals surface area contributed by atoms with Crippen LogP contribution in [0.4, 0.5) is 0 Å². The predicted molar refractivity (Wildman–Crippen MR) is 121 cm³/mol. The van der Waals surface area contributed by atoms with Gasteiger partial charge in [0.05, 0.1) is 11.2 Å². The van der Waals surface area contributed by atoms with Crippen molar-refractivity contribution >= 4 is 29.1 Å². The number of aromatic nitrogens is 1. The molecule has 30 heavy (non-hydrogen) atoms. The average molecular weight is 431 g/mol. The minimum atomic E-state index is -0.106. The number of benzene rings is 1. The molecule has 9 heteroatoms. The van der Waals surface area contributed by atoms with E-state index in [4.69, 9.17) is 0 Å². The summed E-state index contributed by atoms with van der Waals surface area (Å²) in [4.78, 5) is 35.1. The number of thiazole rings is 1. The fourth-order valence-corrected chi connectivity index (χ4v) is 3.43. The Morgan fingerprint density at radius 3 is 2.60 bits per heavy atom. The van der Waals surface area contributed by atoms with Gasteiger partial charge in [-0.05, 0) is 38.0 Å². The van der Waals surface area contributed by atoms with E-state index in [1.165, 1.54) is 11.3 Å². The second kappa shape index (κ2) is 11.9. The van der Waals surface area contributed by atoms with Crippen LogP contribution < -0.4 is 16.0 Å². The Balaban J connectivity index is 1.81. The number of carbonyl (C=O) groups is 2. The number of nitrogens with one attached hydrogen (secondary N) is 3. The topological polar surface area (TPSA) is 98.7 Å². The maximum absolute atomic E-state index is 12.1. The van der Waals surface area contributed by atoms with Crippen LogP contribution in [0.2, 0.25) is 0 Å². The number of hydrogen-bond donors (Lipinski definition) is 3. The second-order valence-electron chi connectivity index (χ2n) is 6.86. The fourth-order valence-electron chi connectivity index (χ4n) is 2.71. The van der Waals surface area contributed by atoms with Crippen LogP contribution in [0, 0.1) is 6.92 Å². The summed E-state index contributed by atoms with van der Waals surface area (Å²) in [5.74, 6) is 0.582. The van der Waals surface area contributed by atoms with E-state index in [0.29, 0.717) is 36.0 Å². The number of guanidine groups is 1.